The highest BCUT2D eigenvalue weighted by atomic mass is 16.5. The smallest absolute Gasteiger partial charge is 0.203 e. The van der Waals surface area contributed by atoms with Crippen LogP contribution in [0.25, 0.3) is 11.0 Å². The summed E-state index contributed by atoms with van der Waals surface area (Å²) in [4.78, 5) is 4.51. The molecule has 6 heteroatoms. The molecule has 0 fully saturated rings. The minimum Gasteiger partial charge on any atom is -0.493 e. The molecule has 0 aliphatic rings. The van der Waals surface area contributed by atoms with Crippen LogP contribution in [-0.4, -0.2) is 41.6 Å². The van der Waals surface area contributed by atoms with Crippen LogP contribution in [0.1, 0.15) is 5.82 Å². The van der Waals surface area contributed by atoms with E-state index in [4.69, 9.17) is 14.2 Å². The number of rotatable bonds is 7. The summed E-state index contributed by atoms with van der Waals surface area (Å²) in [5.41, 5.74) is 1.91. The number of aliphatic hydroxyl groups is 1. The van der Waals surface area contributed by atoms with E-state index >= 15 is 0 Å². The van der Waals surface area contributed by atoms with Gasteiger partial charge < -0.3 is 23.9 Å². The average molecular weight is 342 g/mol. The summed E-state index contributed by atoms with van der Waals surface area (Å²) in [6, 6.07) is 13.3. The Labute approximate surface area is 146 Å². The summed E-state index contributed by atoms with van der Waals surface area (Å²) < 4.78 is 18.4. The maximum atomic E-state index is 10.4. The van der Waals surface area contributed by atoms with E-state index in [0.29, 0.717) is 23.8 Å². The van der Waals surface area contributed by atoms with E-state index in [1.807, 2.05) is 41.8 Å². The average Bonchev–Trinajstić information content (AvgIpc) is 2.95. The van der Waals surface area contributed by atoms with Gasteiger partial charge in [0.05, 0.1) is 31.8 Å². The molecule has 0 spiro atoms. The highest BCUT2D eigenvalue weighted by Gasteiger charge is 2.16. The second-order valence-corrected chi connectivity index (χ2v) is 5.71. The lowest BCUT2D eigenvalue weighted by molar-refractivity contribution is 0.0898. The van der Waals surface area contributed by atoms with Gasteiger partial charge in [0.25, 0.3) is 0 Å². The third-order valence-corrected chi connectivity index (χ3v) is 4.04. The Kier molecular flexibility index (Phi) is 5.09. The molecule has 2 aromatic carbocycles. The van der Waals surface area contributed by atoms with Crippen molar-refractivity contribution in [3.63, 3.8) is 0 Å². The van der Waals surface area contributed by atoms with Crippen LogP contribution in [0.3, 0.4) is 0 Å². The zero-order valence-electron chi connectivity index (χ0n) is 14.6. The molecule has 0 aliphatic heterocycles. The van der Waals surface area contributed by atoms with Gasteiger partial charge in [0.15, 0.2) is 11.5 Å². The molecular weight excluding hydrogens is 320 g/mol. The van der Waals surface area contributed by atoms with Crippen LogP contribution in [0.5, 0.6) is 17.2 Å². The Bertz CT molecular complexity index is 838. The number of aromatic nitrogens is 2. The van der Waals surface area contributed by atoms with Gasteiger partial charge in [-0.05, 0) is 31.2 Å². The van der Waals surface area contributed by atoms with Crippen molar-refractivity contribution in [2.45, 2.75) is 19.6 Å². The molecule has 1 atom stereocenters. The first-order valence-corrected chi connectivity index (χ1v) is 8.07. The fraction of sp³-hybridized carbons (Fsp3) is 0.316. The van der Waals surface area contributed by atoms with Crippen molar-refractivity contribution in [2.75, 3.05) is 20.8 Å². The molecule has 3 aromatic rings. The van der Waals surface area contributed by atoms with Gasteiger partial charge in [0.2, 0.25) is 5.75 Å². The van der Waals surface area contributed by atoms with Gasteiger partial charge in [-0.25, -0.2) is 4.98 Å². The third-order valence-electron chi connectivity index (χ3n) is 4.04. The molecule has 0 saturated carbocycles. The highest BCUT2D eigenvalue weighted by molar-refractivity contribution is 5.75. The normalized spacial score (nSPS) is 12.2. The van der Waals surface area contributed by atoms with Gasteiger partial charge in [-0.1, -0.05) is 18.2 Å². The maximum absolute atomic E-state index is 10.4. The Morgan fingerprint density at radius 1 is 1.04 bits per heavy atom. The third kappa shape index (κ3) is 3.53. The van der Waals surface area contributed by atoms with Crippen molar-refractivity contribution < 1.29 is 19.3 Å². The molecule has 1 heterocycles. The number of imidazole rings is 1. The number of aryl methyl sites for hydroxylation is 1. The predicted octanol–water partition coefficient (Wildman–Crippen LogP) is 2.80. The second-order valence-electron chi connectivity index (χ2n) is 5.71. The summed E-state index contributed by atoms with van der Waals surface area (Å²) in [5, 5.41) is 10.4. The van der Waals surface area contributed by atoms with Crippen LogP contribution in [0.15, 0.2) is 42.5 Å². The number of benzene rings is 2. The molecular formula is C19H22N2O4. The monoisotopic (exact) mass is 342 g/mol. The molecule has 0 amide bonds. The van der Waals surface area contributed by atoms with E-state index in [0.717, 1.165) is 16.9 Å². The number of fused-ring (bicyclic) bond motifs is 1. The summed E-state index contributed by atoms with van der Waals surface area (Å²) in [7, 11) is 3.14. The Morgan fingerprint density at radius 3 is 2.40 bits per heavy atom. The van der Waals surface area contributed by atoms with Crippen LogP contribution in [0.4, 0.5) is 0 Å². The van der Waals surface area contributed by atoms with Crippen molar-refractivity contribution >= 4 is 11.0 Å². The minimum absolute atomic E-state index is 0.114. The summed E-state index contributed by atoms with van der Waals surface area (Å²) in [5.74, 6) is 2.47. The molecule has 1 N–H and O–H groups in total. The Hall–Kier alpha value is -2.73. The fourth-order valence-corrected chi connectivity index (χ4v) is 2.83. The summed E-state index contributed by atoms with van der Waals surface area (Å²) in [6.45, 7) is 2.43. The van der Waals surface area contributed by atoms with Gasteiger partial charge >= 0.3 is 0 Å². The van der Waals surface area contributed by atoms with Gasteiger partial charge in [-0.2, -0.15) is 0 Å². The zero-order chi connectivity index (χ0) is 17.8. The second kappa shape index (κ2) is 7.44. The highest BCUT2D eigenvalue weighted by Crippen LogP contribution is 2.36. The van der Waals surface area contributed by atoms with E-state index in [2.05, 4.69) is 4.98 Å². The number of ether oxygens (including phenoxy) is 3. The van der Waals surface area contributed by atoms with Gasteiger partial charge in [0, 0.05) is 0 Å². The minimum atomic E-state index is -0.703. The van der Waals surface area contributed by atoms with Crippen molar-refractivity contribution in [1.29, 1.82) is 0 Å². The van der Waals surface area contributed by atoms with Crippen molar-refractivity contribution in [1.82, 2.24) is 9.55 Å². The van der Waals surface area contributed by atoms with Crippen molar-refractivity contribution in [2.24, 2.45) is 0 Å². The Balaban J connectivity index is 1.73. The molecule has 3 rings (SSSR count). The molecule has 0 radical (unpaired) electrons. The predicted molar refractivity (Wildman–Crippen MR) is 95.5 cm³/mol. The first kappa shape index (κ1) is 17.1. The molecule has 25 heavy (non-hydrogen) atoms. The van der Waals surface area contributed by atoms with E-state index < -0.39 is 6.10 Å². The first-order valence-electron chi connectivity index (χ1n) is 8.07. The number of aliphatic hydroxyl groups excluding tert-OH is 1. The quantitative estimate of drug-likeness (QED) is 0.715. The summed E-state index contributed by atoms with van der Waals surface area (Å²) >= 11 is 0. The molecule has 1 unspecified atom stereocenters. The molecule has 6 nitrogen and oxygen atoms in total. The van der Waals surface area contributed by atoms with E-state index in [1.54, 1.807) is 26.4 Å². The van der Waals surface area contributed by atoms with Gasteiger partial charge in [-0.15, -0.1) is 0 Å². The molecule has 1 aromatic heterocycles. The lowest BCUT2D eigenvalue weighted by Crippen LogP contribution is -2.24. The van der Waals surface area contributed by atoms with E-state index in [-0.39, 0.29) is 6.61 Å². The topological polar surface area (TPSA) is 65.7 Å². The van der Waals surface area contributed by atoms with E-state index in [1.165, 1.54) is 0 Å². The van der Waals surface area contributed by atoms with Crippen LogP contribution in [-0.2, 0) is 6.54 Å². The first-order chi connectivity index (χ1) is 12.1. The number of hydrogen-bond acceptors (Lipinski definition) is 5. The molecule has 0 bridgehead atoms. The van der Waals surface area contributed by atoms with Crippen LogP contribution in [0.2, 0.25) is 0 Å². The number of hydrogen-bond donors (Lipinski definition) is 1. The Morgan fingerprint density at radius 2 is 1.72 bits per heavy atom. The number of methoxy groups -OCH3 is 2. The van der Waals surface area contributed by atoms with Crippen molar-refractivity contribution in [3.8, 4) is 17.2 Å². The largest absolute Gasteiger partial charge is 0.493 e. The fourth-order valence-electron chi connectivity index (χ4n) is 2.83. The van der Waals surface area contributed by atoms with Crippen LogP contribution in [0, 0.1) is 6.92 Å². The standard InChI is InChI=1S/C19H22N2O4/c1-13-20-15-7-4-5-8-16(15)21(13)11-14(22)12-25-19-17(23-2)9-6-10-18(19)24-3/h4-10,14,22H,11-12H2,1-3H3. The van der Waals surface area contributed by atoms with Gasteiger partial charge in [0.1, 0.15) is 18.5 Å². The van der Waals surface area contributed by atoms with Crippen LogP contribution >= 0.6 is 0 Å². The zero-order valence-corrected chi connectivity index (χ0v) is 14.6. The van der Waals surface area contributed by atoms with Crippen molar-refractivity contribution in [3.05, 3.63) is 48.3 Å². The number of para-hydroxylation sites is 3. The van der Waals surface area contributed by atoms with Crippen LogP contribution < -0.4 is 14.2 Å². The lowest BCUT2D eigenvalue weighted by Gasteiger charge is -2.17. The van der Waals surface area contributed by atoms with E-state index in [9.17, 15) is 5.11 Å². The SMILES string of the molecule is COc1cccc(OC)c1OCC(O)Cn1c(C)nc2ccccc21. The maximum Gasteiger partial charge on any atom is 0.203 e. The summed E-state index contributed by atoms with van der Waals surface area (Å²) in [6.07, 6.45) is -0.703. The lowest BCUT2D eigenvalue weighted by atomic mass is 10.3. The molecule has 132 valence electrons. The number of nitrogens with zero attached hydrogens (tertiary/aromatic N) is 2. The molecule has 0 saturated heterocycles. The molecule has 0 aliphatic carbocycles. The van der Waals surface area contributed by atoms with Gasteiger partial charge in [-0.3, -0.25) is 0 Å².